The summed E-state index contributed by atoms with van der Waals surface area (Å²) in [5.41, 5.74) is 0.708. The first-order valence-electron chi connectivity index (χ1n) is 10.2. The van der Waals surface area contributed by atoms with Gasteiger partial charge in [0, 0.05) is 31.0 Å². The van der Waals surface area contributed by atoms with Gasteiger partial charge < -0.3 is 19.3 Å². The minimum Gasteiger partial charge on any atom is -0.507 e. The van der Waals surface area contributed by atoms with Crippen LogP contribution in [0.15, 0.2) is 66.8 Å². The largest absolute Gasteiger partial charge is 0.507 e. The molecule has 33 heavy (non-hydrogen) atoms. The van der Waals surface area contributed by atoms with Crippen LogP contribution in [0.2, 0.25) is 5.02 Å². The first-order valence-corrected chi connectivity index (χ1v) is 10.6. The van der Waals surface area contributed by atoms with E-state index in [1.165, 1.54) is 42.3 Å². The Balaban J connectivity index is 1.74. The summed E-state index contributed by atoms with van der Waals surface area (Å²) in [6.07, 6.45) is 5.68. The predicted molar refractivity (Wildman–Crippen MR) is 120 cm³/mol. The average Bonchev–Trinajstić information content (AvgIpc) is 3.41. The zero-order chi connectivity index (χ0) is 23.5. The summed E-state index contributed by atoms with van der Waals surface area (Å²) in [7, 11) is 1.46. The minimum atomic E-state index is -0.866. The van der Waals surface area contributed by atoms with Crippen LogP contribution in [0.3, 0.4) is 0 Å². The SMILES string of the molecule is COc1ccc(/C(O)=C2\C(=O)C(=O)N(CCCn3ccnc3)[C@@H]2c2ccc(F)cc2)cc1Cl. The first-order chi connectivity index (χ1) is 15.9. The molecule has 1 aromatic heterocycles. The highest BCUT2D eigenvalue weighted by molar-refractivity contribution is 6.46. The van der Waals surface area contributed by atoms with E-state index in [-0.39, 0.29) is 28.5 Å². The van der Waals surface area contributed by atoms with E-state index in [1.54, 1.807) is 30.9 Å². The lowest BCUT2D eigenvalue weighted by Gasteiger charge is -2.25. The van der Waals surface area contributed by atoms with Gasteiger partial charge in [-0.3, -0.25) is 9.59 Å². The van der Waals surface area contributed by atoms with Gasteiger partial charge >= 0.3 is 0 Å². The second kappa shape index (κ2) is 9.46. The number of halogens is 2. The van der Waals surface area contributed by atoms with E-state index in [1.807, 2.05) is 4.57 Å². The number of likely N-dealkylation sites (tertiary alicyclic amines) is 1. The summed E-state index contributed by atoms with van der Waals surface area (Å²) in [6.45, 7) is 0.845. The Kier molecular flexibility index (Phi) is 6.46. The third kappa shape index (κ3) is 4.47. The van der Waals surface area contributed by atoms with Gasteiger partial charge in [0.1, 0.15) is 17.3 Å². The summed E-state index contributed by atoms with van der Waals surface area (Å²) in [5.74, 6) is -1.93. The van der Waals surface area contributed by atoms with Crippen molar-refractivity contribution in [1.29, 1.82) is 0 Å². The van der Waals surface area contributed by atoms with Crippen molar-refractivity contribution >= 4 is 29.1 Å². The molecule has 0 saturated carbocycles. The number of methoxy groups -OCH3 is 1. The van der Waals surface area contributed by atoms with Gasteiger partial charge in [-0.1, -0.05) is 23.7 Å². The molecule has 0 aliphatic carbocycles. The topological polar surface area (TPSA) is 84.7 Å². The van der Waals surface area contributed by atoms with Crippen molar-refractivity contribution in [3.05, 3.63) is 88.7 Å². The van der Waals surface area contributed by atoms with Crippen LogP contribution in [-0.4, -0.2) is 44.9 Å². The Hall–Kier alpha value is -3.65. The quantitative estimate of drug-likeness (QED) is 0.318. The predicted octanol–water partition coefficient (Wildman–Crippen LogP) is 4.20. The maximum Gasteiger partial charge on any atom is 0.295 e. The van der Waals surface area contributed by atoms with Gasteiger partial charge in [0.2, 0.25) is 0 Å². The third-order valence-corrected chi connectivity index (χ3v) is 5.82. The number of carbonyl (C=O) groups excluding carboxylic acids is 2. The second-order valence-corrected chi connectivity index (χ2v) is 7.95. The van der Waals surface area contributed by atoms with Crippen molar-refractivity contribution in [1.82, 2.24) is 14.5 Å². The standard InChI is InChI=1S/C24H21ClFN3O4/c1-33-19-8-5-16(13-18(19)25)22(30)20-21(15-3-6-17(26)7-4-15)29(24(32)23(20)31)11-2-10-28-12-9-27-14-28/h3-9,12-14,21,30H,2,10-11H2,1H3/b22-20+/t21-/m1/s1. The second-order valence-electron chi connectivity index (χ2n) is 7.55. The van der Waals surface area contributed by atoms with Crippen LogP contribution < -0.4 is 4.74 Å². The number of aliphatic hydroxyl groups is 1. The number of carbonyl (C=O) groups is 2. The number of hydrogen-bond donors (Lipinski definition) is 1. The van der Waals surface area contributed by atoms with Crippen molar-refractivity contribution in [2.24, 2.45) is 0 Å². The first kappa shape index (κ1) is 22.5. The molecule has 7 nitrogen and oxygen atoms in total. The summed E-state index contributed by atoms with van der Waals surface area (Å²) in [5, 5.41) is 11.3. The molecule has 0 unspecified atom stereocenters. The highest BCUT2D eigenvalue weighted by Crippen LogP contribution is 2.40. The van der Waals surface area contributed by atoms with E-state index in [0.29, 0.717) is 24.3 Å². The number of hydrogen-bond acceptors (Lipinski definition) is 5. The Morgan fingerprint density at radius 2 is 1.94 bits per heavy atom. The Morgan fingerprint density at radius 1 is 1.18 bits per heavy atom. The fourth-order valence-corrected chi connectivity index (χ4v) is 4.17. The molecule has 1 N–H and O–H groups in total. The highest BCUT2D eigenvalue weighted by Gasteiger charge is 2.45. The van der Waals surface area contributed by atoms with Crippen molar-refractivity contribution in [2.45, 2.75) is 19.0 Å². The van der Waals surface area contributed by atoms with E-state index < -0.39 is 23.5 Å². The van der Waals surface area contributed by atoms with Crippen molar-refractivity contribution in [3.63, 3.8) is 0 Å². The van der Waals surface area contributed by atoms with Gasteiger partial charge in [0.15, 0.2) is 0 Å². The molecule has 1 aliphatic rings. The normalized spacial score (nSPS) is 17.5. The van der Waals surface area contributed by atoms with Gasteiger partial charge in [-0.15, -0.1) is 0 Å². The number of amides is 1. The maximum atomic E-state index is 13.6. The zero-order valence-electron chi connectivity index (χ0n) is 17.7. The molecule has 3 aromatic rings. The Bertz CT molecular complexity index is 1210. The van der Waals surface area contributed by atoms with Gasteiger partial charge in [-0.05, 0) is 42.3 Å². The summed E-state index contributed by atoms with van der Waals surface area (Å²) in [4.78, 5) is 31.4. The van der Waals surface area contributed by atoms with Crippen molar-refractivity contribution < 1.29 is 23.8 Å². The summed E-state index contributed by atoms with van der Waals surface area (Å²) < 4.78 is 20.6. The molecule has 1 saturated heterocycles. The van der Waals surface area contributed by atoms with Gasteiger partial charge in [0.25, 0.3) is 11.7 Å². The number of benzene rings is 2. The molecule has 0 radical (unpaired) electrons. The van der Waals surface area contributed by atoms with Crippen molar-refractivity contribution in [3.8, 4) is 5.75 Å². The fourth-order valence-electron chi connectivity index (χ4n) is 3.91. The smallest absolute Gasteiger partial charge is 0.295 e. The van der Waals surface area contributed by atoms with Crippen LogP contribution in [0.5, 0.6) is 5.75 Å². The molecular formula is C24H21ClFN3O4. The lowest BCUT2D eigenvalue weighted by Crippen LogP contribution is -2.31. The molecule has 1 atom stereocenters. The number of ether oxygens (including phenoxy) is 1. The number of aliphatic hydroxyl groups excluding tert-OH is 1. The van der Waals surface area contributed by atoms with Gasteiger partial charge in [-0.2, -0.15) is 0 Å². The van der Waals surface area contributed by atoms with Crippen molar-refractivity contribution in [2.75, 3.05) is 13.7 Å². The monoisotopic (exact) mass is 469 g/mol. The molecule has 4 rings (SSSR count). The van der Waals surface area contributed by atoms with E-state index >= 15 is 0 Å². The molecule has 0 spiro atoms. The molecule has 1 amide bonds. The van der Waals surface area contributed by atoms with Crippen LogP contribution in [0.1, 0.15) is 23.6 Å². The molecule has 9 heteroatoms. The molecule has 2 heterocycles. The fraction of sp³-hybridized carbons (Fsp3) is 0.208. The molecule has 170 valence electrons. The maximum absolute atomic E-state index is 13.6. The lowest BCUT2D eigenvalue weighted by atomic mass is 9.95. The number of Topliss-reactive ketones (excluding diaryl/α,β-unsaturated/α-hetero) is 1. The van der Waals surface area contributed by atoms with Gasteiger partial charge in [-0.25, -0.2) is 9.37 Å². The average molecular weight is 470 g/mol. The molecule has 0 bridgehead atoms. The van der Waals surface area contributed by atoms with Crippen LogP contribution in [-0.2, 0) is 16.1 Å². The number of ketones is 1. The summed E-state index contributed by atoms with van der Waals surface area (Å²) in [6, 6.07) is 9.22. The van der Waals surface area contributed by atoms with Crippen LogP contribution >= 0.6 is 11.6 Å². The number of rotatable bonds is 7. The van der Waals surface area contributed by atoms with Crippen LogP contribution in [0.4, 0.5) is 4.39 Å². The molecule has 1 aliphatic heterocycles. The number of nitrogens with zero attached hydrogens (tertiary/aromatic N) is 3. The number of aromatic nitrogens is 2. The Labute approximate surface area is 194 Å². The van der Waals surface area contributed by atoms with Crippen LogP contribution in [0.25, 0.3) is 5.76 Å². The number of aryl methyl sites for hydroxylation is 1. The van der Waals surface area contributed by atoms with E-state index in [9.17, 15) is 19.1 Å². The molecule has 2 aromatic carbocycles. The molecular weight excluding hydrogens is 449 g/mol. The van der Waals surface area contributed by atoms with Crippen LogP contribution in [0, 0.1) is 5.82 Å². The number of imidazole rings is 1. The van der Waals surface area contributed by atoms with E-state index in [4.69, 9.17) is 16.3 Å². The summed E-state index contributed by atoms with van der Waals surface area (Å²) >= 11 is 6.19. The Morgan fingerprint density at radius 3 is 2.58 bits per heavy atom. The zero-order valence-corrected chi connectivity index (χ0v) is 18.5. The highest BCUT2D eigenvalue weighted by atomic mass is 35.5. The van der Waals surface area contributed by atoms with Gasteiger partial charge in [0.05, 0.1) is 30.1 Å². The van der Waals surface area contributed by atoms with E-state index in [2.05, 4.69) is 4.98 Å². The lowest BCUT2D eigenvalue weighted by molar-refractivity contribution is -0.139. The minimum absolute atomic E-state index is 0.0736. The van der Waals surface area contributed by atoms with E-state index in [0.717, 1.165) is 0 Å². The third-order valence-electron chi connectivity index (χ3n) is 5.53. The molecule has 1 fully saturated rings.